The fraction of sp³-hybridized carbons (Fsp3) is 0.381. The fourth-order valence-corrected chi connectivity index (χ4v) is 3.85. The number of nitrogens with one attached hydrogen (secondary N) is 1. The molecule has 2 aromatic carbocycles. The van der Waals surface area contributed by atoms with E-state index in [-0.39, 0.29) is 18.0 Å². The van der Waals surface area contributed by atoms with E-state index in [1.165, 1.54) is 11.1 Å². The van der Waals surface area contributed by atoms with Gasteiger partial charge in [0.25, 0.3) is 0 Å². The first-order chi connectivity index (χ1) is 12.6. The average molecular weight is 418 g/mol. The van der Waals surface area contributed by atoms with Gasteiger partial charge in [0.1, 0.15) is 5.75 Å². The van der Waals surface area contributed by atoms with Crippen LogP contribution in [0.1, 0.15) is 30.9 Å². The molecule has 0 spiro atoms. The summed E-state index contributed by atoms with van der Waals surface area (Å²) in [6.07, 6.45) is 2.11. The van der Waals surface area contributed by atoms with Crippen molar-refractivity contribution >= 4 is 21.9 Å². The number of ether oxygens (including phenoxy) is 2. The van der Waals surface area contributed by atoms with Crippen molar-refractivity contribution in [2.45, 2.75) is 25.2 Å². The van der Waals surface area contributed by atoms with Crippen LogP contribution in [0.3, 0.4) is 0 Å². The minimum atomic E-state index is -0.346. The van der Waals surface area contributed by atoms with Crippen molar-refractivity contribution in [3.05, 3.63) is 64.1 Å². The van der Waals surface area contributed by atoms with E-state index in [0.717, 1.165) is 30.4 Å². The molecule has 1 heterocycles. The summed E-state index contributed by atoms with van der Waals surface area (Å²) >= 11 is 3.53. The van der Waals surface area contributed by atoms with Crippen LogP contribution in [0.2, 0.25) is 0 Å². The largest absolute Gasteiger partial charge is 0.482 e. The highest BCUT2D eigenvalue weighted by Gasteiger charge is 2.35. The van der Waals surface area contributed by atoms with Gasteiger partial charge in [-0.1, -0.05) is 40.2 Å². The molecule has 4 nitrogen and oxygen atoms in total. The SMILES string of the molecule is CCOC(=O)COc1ccc(C2(c3ccc(Br)cc3)CCNCC2)cc1. The average Bonchev–Trinajstić information content (AvgIpc) is 2.68. The van der Waals surface area contributed by atoms with Crippen molar-refractivity contribution in [3.8, 4) is 5.75 Å². The number of esters is 1. The number of piperidine rings is 1. The molecule has 1 fully saturated rings. The van der Waals surface area contributed by atoms with Gasteiger partial charge in [-0.05, 0) is 68.2 Å². The van der Waals surface area contributed by atoms with Gasteiger partial charge in [0, 0.05) is 9.89 Å². The lowest BCUT2D eigenvalue weighted by atomic mass is 9.68. The summed E-state index contributed by atoms with van der Waals surface area (Å²) in [5, 5.41) is 3.46. The van der Waals surface area contributed by atoms with E-state index in [2.05, 4.69) is 57.6 Å². The fourth-order valence-electron chi connectivity index (χ4n) is 3.58. The molecule has 0 aliphatic carbocycles. The molecule has 1 aliphatic heterocycles. The molecule has 26 heavy (non-hydrogen) atoms. The maximum Gasteiger partial charge on any atom is 0.344 e. The van der Waals surface area contributed by atoms with E-state index < -0.39 is 0 Å². The molecular weight excluding hydrogens is 394 g/mol. The number of benzene rings is 2. The minimum absolute atomic E-state index is 0.00558. The Labute approximate surface area is 163 Å². The molecule has 2 aromatic rings. The van der Waals surface area contributed by atoms with Crippen molar-refractivity contribution in [1.29, 1.82) is 0 Å². The van der Waals surface area contributed by atoms with Crippen LogP contribution >= 0.6 is 15.9 Å². The van der Waals surface area contributed by atoms with Crippen LogP contribution in [-0.2, 0) is 14.9 Å². The van der Waals surface area contributed by atoms with Gasteiger partial charge in [0.2, 0.25) is 0 Å². The quantitative estimate of drug-likeness (QED) is 0.719. The molecule has 3 rings (SSSR count). The molecule has 0 bridgehead atoms. The molecule has 1 N–H and O–H groups in total. The van der Waals surface area contributed by atoms with Crippen LogP contribution in [0.4, 0.5) is 0 Å². The van der Waals surface area contributed by atoms with E-state index in [0.29, 0.717) is 12.4 Å². The van der Waals surface area contributed by atoms with E-state index in [1.54, 1.807) is 6.92 Å². The predicted molar refractivity (Wildman–Crippen MR) is 106 cm³/mol. The van der Waals surface area contributed by atoms with E-state index in [9.17, 15) is 4.79 Å². The predicted octanol–water partition coefficient (Wildman–Crippen LogP) is 4.06. The Kier molecular flexibility index (Phi) is 6.33. The summed E-state index contributed by atoms with van der Waals surface area (Å²) in [5.74, 6) is 0.336. The first-order valence-corrected chi connectivity index (χ1v) is 9.79. The molecular formula is C21H24BrNO3. The van der Waals surface area contributed by atoms with Crippen LogP contribution in [0.5, 0.6) is 5.75 Å². The van der Waals surface area contributed by atoms with Crippen LogP contribution in [0.15, 0.2) is 53.0 Å². The summed E-state index contributed by atoms with van der Waals surface area (Å²) in [6.45, 7) is 4.08. The third-order valence-electron chi connectivity index (χ3n) is 4.92. The Balaban J connectivity index is 1.81. The third-order valence-corrected chi connectivity index (χ3v) is 5.45. The Morgan fingerprint density at radius 2 is 1.62 bits per heavy atom. The van der Waals surface area contributed by atoms with E-state index in [1.807, 2.05) is 12.1 Å². The van der Waals surface area contributed by atoms with Crippen LogP contribution < -0.4 is 10.1 Å². The van der Waals surface area contributed by atoms with Crippen LogP contribution in [0.25, 0.3) is 0 Å². The first kappa shape index (κ1) is 18.9. The molecule has 1 saturated heterocycles. The smallest absolute Gasteiger partial charge is 0.344 e. The minimum Gasteiger partial charge on any atom is -0.482 e. The number of hydrogen-bond acceptors (Lipinski definition) is 4. The molecule has 1 aliphatic rings. The lowest BCUT2D eigenvalue weighted by Crippen LogP contribution is -2.40. The van der Waals surface area contributed by atoms with Gasteiger partial charge in [-0.15, -0.1) is 0 Å². The van der Waals surface area contributed by atoms with Gasteiger partial charge < -0.3 is 14.8 Å². The molecule has 5 heteroatoms. The first-order valence-electron chi connectivity index (χ1n) is 9.00. The topological polar surface area (TPSA) is 47.6 Å². The highest BCUT2D eigenvalue weighted by atomic mass is 79.9. The zero-order chi connectivity index (χ0) is 18.4. The second-order valence-corrected chi connectivity index (χ2v) is 7.37. The Morgan fingerprint density at radius 1 is 1.04 bits per heavy atom. The molecule has 0 saturated carbocycles. The summed E-state index contributed by atoms with van der Waals surface area (Å²) in [6, 6.07) is 16.8. The molecule has 138 valence electrons. The summed E-state index contributed by atoms with van der Waals surface area (Å²) < 4.78 is 11.5. The zero-order valence-electron chi connectivity index (χ0n) is 15.0. The van der Waals surface area contributed by atoms with Gasteiger partial charge in [0.15, 0.2) is 6.61 Å². The van der Waals surface area contributed by atoms with Gasteiger partial charge in [0.05, 0.1) is 6.61 Å². The molecule has 0 amide bonds. The van der Waals surface area contributed by atoms with Gasteiger partial charge in [-0.3, -0.25) is 0 Å². The van der Waals surface area contributed by atoms with Crippen molar-refractivity contribution in [2.75, 3.05) is 26.3 Å². The van der Waals surface area contributed by atoms with Gasteiger partial charge in [-0.25, -0.2) is 4.79 Å². The highest BCUT2D eigenvalue weighted by molar-refractivity contribution is 9.10. The number of carbonyl (C=O) groups excluding carboxylic acids is 1. The zero-order valence-corrected chi connectivity index (χ0v) is 16.6. The van der Waals surface area contributed by atoms with Crippen molar-refractivity contribution in [1.82, 2.24) is 5.32 Å². The lowest BCUT2D eigenvalue weighted by molar-refractivity contribution is -0.145. The summed E-state index contributed by atoms with van der Waals surface area (Å²) in [5.41, 5.74) is 2.62. The highest BCUT2D eigenvalue weighted by Crippen LogP contribution is 2.41. The Hall–Kier alpha value is -1.85. The number of carbonyl (C=O) groups is 1. The van der Waals surface area contributed by atoms with Gasteiger partial charge in [-0.2, -0.15) is 0 Å². The van der Waals surface area contributed by atoms with Crippen molar-refractivity contribution in [3.63, 3.8) is 0 Å². The summed E-state index contributed by atoms with van der Waals surface area (Å²) in [4.78, 5) is 11.4. The molecule has 0 aromatic heterocycles. The van der Waals surface area contributed by atoms with Crippen molar-refractivity contribution < 1.29 is 14.3 Å². The Bertz CT molecular complexity index is 722. The number of hydrogen-bond donors (Lipinski definition) is 1. The van der Waals surface area contributed by atoms with E-state index in [4.69, 9.17) is 9.47 Å². The molecule has 0 atom stereocenters. The molecule has 0 unspecified atom stereocenters. The van der Waals surface area contributed by atoms with Crippen molar-refractivity contribution in [2.24, 2.45) is 0 Å². The third kappa shape index (κ3) is 4.27. The normalized spacial score (nSPS) is 16.1. The lowest BCUT2D eigenvalue weighted by Gasteiger charge is -2.39. The second kappa shape index (κ2) is 8.69. The van der Waals surface area contributed by atoms with Crippen LogP contribution in [0, 0.1) is 0 Å². The monoisotopic (exact) mass is 417 g/mol. The van der Waals surface area contributed by atoms with Crippen LogP contribution in [-0.4, -0.2) is 32.3 Å². The summed E-state index contributed by atoms with van der Waals surface area (Å²) in [7, 11) is 0. The Morgan fingerprint density at radius 3 is 2.19 bits per heavy atom. The maximum absolute atomic E-state index is 11.4. The maximum atomic E-state index is 11.4. The van der Waals surface area contributed by atoms with Gasteiger partial charge >= 0.3 is 5.97 Å². The molecule has 0 radical (unpaired) electrons. The standard InChI is InChI=1S/C21H24BrNO3/c1-2-25-20(24)15-26-19-9-5-17(6-10-19)21(11-13-23-14-12-21)16-3-7-18(22)8-4-16/h3-10,23H,2,11-15H2,1H3. The number of rotatable bonds is 6. The number of halogens is 1. The second-order valence-electron chi connectivity index (χ2n) is 6.46. The van der Waals surface area contributed by atoms with E-state index >= 15 is 0 Å².